The van der Waals surface area contributed by atoms with Crippen molar-refractivity contribution in [2.75, 3.05) is 6.54 Å². The average Bonchev–Trinajstić information content (AvgIpc) is 3.21. The fourth-order valence-electron chi connectivity index (χ4n) is 3.00. The summed E-state index contributed by atoms with van der Waals surface area (Å²) in [6.07, 6.45) is 3.91. The lowest BCUT2D eigenvalue weighted by Gasteiger charge is -2.21. The Kier molecular flexibility index (Phi) is 6.98. The van der Waals surface area contributed by atoms with E-state index in [1.165, 1.54) is 16.4 Å². The van der Waals surface area contributed by atoms with Crippen LogP contribution in [0.4, 0.5) is 0 Å². The summed E-state index contributed by atoms with van der Waals surface area (Å²) in [5.41, 5.74) is 4.27. The van der Waals surface area contributed by atoms with E-state index in [1.54, 1.807) is 12.1 Å². The third kappa shape index (κ3) is 5.50. The predicted octanol–water partition coefficient (Wildman–Crippen LogP) is 3.69. The second kappa shape index (κ2) is 9.45. The van der Waals surface area contributed by atoms with Crippen LogP contribution in [0.5, 0.6) is 0 Å². The van der Waals surface area contributed by atoms with Crippen molar-refractivity contribution in [3.63, 3.8) is 0 Å². The SMILES string of the molecule is O=C(CN(Cc1ccccc1)S(=O)(=O)c1ccc(Br)cc1)NN=C1CCCC1. The van der Waals surface area contributed by atoms with Crippen LogP contribution in [0, 0.1) is 0 Å². The number of hydrogen-bond acceptors (Lipinski definition) is 4. The fourth-order valence-corrected chi connectivity index (χ4v) is 4.65. The van der Waals surface area contributed by atoms with Crippen LogP contribution in [0.2, 0.25) is 0 Å². The molecule has 0 aromatic heterocycles. The van der Waals surface area contributed by atoms with Gasteiger partial charge in [-0.3, -0.25) is 4.79 Å². The standard InChI is InChI=1S/C20H22BrN3O3S/c21-17-10-12-19(13-11-17)28(26,27)24(14-16-6-2-1-3-7-16)15-20(25)23-22-18-8-4-5-9-18/h1-3,6-7,10-13H,4-5,8-9,14-15H2,(H,23,25). The van der Waals surface area contributed by atoms with Crippen LogP contribution in [0.15, 0.2) is 69.1 Å². The fraction of sp³-hybridized carbons (Fsp3) is 0.300. The first kappa shape index (κ1) is 20.7. The first-order valence-electron chi connectivity index (χ1n) is 9.09. The zero-order valence-electron chi connectivity index (χ0n) is 15.3. The van der Waals surface area contributed by atoms with E-state index in [2.05, 4.69) is 26.5 Å². The molecule has 1 amide bonds. The number of hydrazone groups is 1. The molecule has 0 radical (unpaired) electrons. The molecule has 0 spiro atoms. The van der Waals surface area contributed by atoms with Crippen LogP contribution >= 0.6 is 15.9 Å². The number of carbonyl (C=O) groups excluding carboxylic acids is 1. The number of nitrogens with zero attached hydrogens (tertiary/aromatic N) is 2. The van der Waals surface area contributed by atoms with Gasteiger partial charge in [-0.2, -0.15) is 9.41 Å². The maximum Gasteiger partial charge on any atom is 0.255 e. The van der Waals surface area contributed by atoms with E-state index in [0.717, 1.165) is 41.4 Å². The van der Waals surface area contributed by atoms with E-state index in [-0.39, 0.29) is 18.0 Å². The third-order valence-electron chi connectivity index (χ3n) is 4.49. The molecule has 0 heterocycles. The van der Waals surface area contributed by atoms with Crippen LogP contribution in [0.3, 0.4) is 0 Å². The molecule has 0 bridgehead atoms. The Morgan fingerprint density at radius 3 is 2.32 bits per heavy atom. The zero-order chi connectivity index (χ0) is 20.0. The molecule has 6 nitrogen and oxygen atoms in total. The third-order valence-corrected chi connectivity index (χ3v) is 6.83. The lowest BCUT2D eigenvalue weighted by atomic mass is 10.2. The van der Waals surface area contributed by atoms with Gasteiger partial charge < -0.3 is 0 Å². The number of rotatable bonds is 7. The van der Waals surface area contributed by atoms with E-state index in [9.17, 15) is 13.2 Å². The number of sulfonamides is 1. The maximum atomic E-state index is 13.1. The topological polar surface area (TPSA) is 78.8 Å². The molecule has 8 heteroatoms. The van der Waals surface area contributed by atoms with E-state index in [4.69, 9.17) is 0 Å². The molecule has 1 saturated carbocycles. The summed E-state index contributed by atoms with van der Waals surface area (Å²) in [5, 5.41) is 4.14. The minimum Gasteiger partial charge on any atom is -0.272 e. The summed E-state index contributed by atoms with van der Waals surface area (Å²) < 4.78 is 28.2. The molecular weight excluding hydrogens is 442 g/mol. The van der Waals surface area contributed by atoms with Gasteiger partial charge in [0.1, 0.15) is 0 Å². The molecule has 1 N–H and O–H groups in total. The van der Waals surface area contributed by atoms with Crippen molar-refractivity contribution in [2.24, 2.45) is 5.10 Å². The molecule has 1 aliphatic carbocycles. The zero-order valence-corrected chi connectivity index (χ0v) is 17.7. The molecular formula is C20H22BrN3O3S. The molecule has 2 aromatic rings. The molecule has 1 aliphatic rings. The lowest BCUT2D eigenvalue weighted by Crippen LogP contribution is -2.39. The van der Waals surface area contributed by atoms with Gasteiger partial charge >= 0.3 is 0 Å². The van der Waals surface area contributed by atoms with Crippen LogP contribution in [0.1, 0.15) is 31.2 Å². The van der Waals surface area contributed by atoms with Gasteiger partial charge in [-0.15, -0.1) is 0 Å². The minimum absolute atomic E-state index is 0.100. The highest BCUT2D eigenvalue weighted by molar-refractivity contribution is 9.10. The van der Waals surface area contributed by atoms with E-state index >= 15 is 0 Å². The highest BCUT2D eigenvalue weighted by Gasteiger charge is 2.27. The average molecular weight is 464 g/mol. The number of benzene rings is 2. The summed E-state index contributed by atoms with van der Waals surface area (Å²) in [5.74, 6) is -0.448. The van der Waals surface area contributed by atoms with Gasteiger partial charge in [-0.1, -0.05) is 46.3 Å². The first-order chi connectivity index (χ1) is 13.4. The van der Waals surface area contributed by atoms with Gasteiger partial charge in [0.25, 0.3) is 5.91 Å². The smallest absolute Gasteiger partial charge is 0.255 e. The Labute approximate surface area is 173 Å². The molecule has 0 aliphatic heterocycles. The Hall–Kier alpha value is -2.03. The monoisotopic (exact) mass is 463 g/mol. The normalized spacial score (nSPS) is 14.3. The predicted molar refractivity (Wildman–Crippen MR) is 112 cm³/mol. The number of nitrogens with one attached hydrogen (secondary N) is 1. The maximum absolute atomic E-state index is 13.1. The second-order valence-electron chi connectivity index (χ2n) is 6.63. The van der Waals surface area contributed by atoms with Crippen LogP contribution in [-0.2, 0) is 21.4 Å². The number of amides is 1. The van der Waals surface area contributed by atoms with Gasteiger partial charge in [-0.25, -0.2) is 13.8 Å². The van der Waals surface area contributed by atoms with Crippen molar-refractivity contribution in [3.05, 3.63) is 64.6 Å². The van der Waals surface area contributed by atoms with E-state index in [0.29, 0.717) is 0 Å². The van der Waals surface area contributed by atoms with Gasteiger partial charge in [0.05, 0.1) is 11.4 Å². The van der Waals surface area contributed by atoms with Crippen molar-refractivity contribution in [3.8, 4) is 0 Å². The first-order valence-corrected chi connectivity index (χ1v) is 11.3. The van der Waals surface area contributed by atoms with Gasteiger partial charge in [0, 0.05) is 16.7 Å². The van der Waals surface area contributed by atoms with Crippen LogP contribution < -0.4 is 5.43 Å². The molecule has 28 heavy (non-hydrogen) atoms. The molecule has 0 unspecified atom stereocenters. The Morgan fingerprint density at radius 1 is 1.04 bits per heavy atom. The quantitative estimate of drug-likeness (QED) is 0.635. The van der Waals surface area contributed by atoms with Crippen molar-refractivity contribution in [1.82, 2.24) is 9.73 Å². The second-order valence-corrected chi connectivity index (χ2v) is 9.49. The van der Waals surface area contributed by atoms with Crippen molar-refractivity contribution < 1.29 is 13.2 Å². The van der Waals surface area contributed by atoms with Gasteiger partial charge in [0.2, 0.25) is 10.0 Å². The number of carbonyl (C=O) groups is 1. The highest BCUT2D eigenvalue weighted by atomic mass is 79.9. The molecule has 0 saturated heterocycles. The highest BCUT2D eigenvalue weighted by Crippen LogP contribution is 2.21. The molecule has 1 fully saturated rings. The molecule has 148 valence electrons. The Bertz CT molecular complexity index is 936. The van der Waals surface area contributed by atoms with E-state index in [1.807, 2.05) is 30.3 Å². The van der Waals surface area contributed by atoms with Crippen molar-refractivity contribution >= 4 is 37.6 Å². The Morgan fingerprint density at radius 2 is 1.68 bits per heavy atom. The van der Waals surface area contributed by atoms with Crippen LogP contribution in [-0.4, -0.2) is 30.9 Å². The summed E-state index contributed by atoms with van der Waals surface area (Å²) in [4.78, 5) is 12.5. The van der Waals surface area contributed by atoms with E-state index < -0.39 is 15.9 Å². The lowest BCUT2D eigenvalue weighted by molar-refractivity contribution is -0.121. The van der Waals surface area contributed by atoms with Gasteiger partial charge in [-0.05, 0) is 55.5 Å². The summed E-state index contributed by atoms with van der Waals surface area (Å²) >= 11 is 3.31. The molecule has 2 aromatic carbocycles. The van der Waals surface area contributed by atoms with Crippen LogP contribution in [0.25, 0.3) is 0 Å². The van der Waals surface area contributed by atoms with Crippen molar-refractivity contribution in [1.29, 1.82) is 0 Å². The summed E-state index contributed by atoms with van der Waals surface area (Å²) in [6, 6.07) is 15.6. The van der Waals surface area contributed by atoms with Crippen molar-refractivity contribution in [2.45, 2.75) is 37.1 Å². The molecule has 3 rings (SSSR count). The molecule has 0 atom stereocenters. The Balaban J connectivity index is 1.80. The summed E-state index contributed by atoms with van der Waals surface area (Å²) in [7, 11) is -3.85. The summed E-state index contributed by atoms with van der Waals surface area (Å²) in [6.45, 7) is -0.201. The largest absolute Gasteiger partial charge is 0.272 e. The number of halogens is 1. The van der Waals surface area contributed by atoms with Gasteiger partial charge in [0.15, 0.2) is 0 Å². The minimum atomic E-state index is -3.85. The number of hydrogen-bond donors (Lipinski definition) is 1.